The van der Waals surface area contributed by atoms with Crippen LogP contribution in [0.5, 0.6) is 0 Å². The summed E-state index contributed by atoms with van der Waals surface area (Å²) in [7, 11) is 0. The van der Waals surface area contributed by atoms with E-state index in [9.17, 15) is 4.79 Å². The molecular weight excluding hydrogens is 304 g/mol. The standard InChI is InChI=1S/C18H12N4O2/c23-17(14-9-13-3-1-2-4-16(13)19-10-14)21-15-7-5-12(6-8-15)18-22-20-11-24-18/h1-11H,(H,21,23). The fourth-order valence-corrected chi connectivity index (χ4v) is 2.39. The average Bonchev–Trinajstić information content (AvgIpc) is 3.16. The van der Waals surface area contributed by atoms with E-state index in [1.807, 2.05) is 42.5 Å². The summed E-state index contributed by atoms with van der Waals surface area (Å²) in [4.78, 5) is 16.7. The van der Waals surface area contributed by atoms with Gasteiger partial charge in [0, 0.05) is 22.8 Å². The largest absolute Gasteiger partial charge is 0.423 e. The lowest BCUT2D eigenvalue weighted by Gasteiger charge is -2.06. The Labute approximate surface area is 137 Å². The number of para-hydroxylation sites is 1. The van der Waals surface area contributed by atoms with Gasteiger partial charge in [-0.05, 0) is 36.4 Å². The van der Waals surface area contributed by atoms with Crippen LogP contribution in [0.2, 0.25) is 0 Å². The summed E-state index contributed by atoms with van der Waals surface area (Å²) in [5.41, 5.74) is 2.84. The SMILES string of the molecule is O=C(Nc1ccc(-c2nnco2)cc1)c1cnc2ccccc2c1. The Morgan fingerprint density at radius 2 is 1.88 bits per heavy atom. The number of hydrogen-bond acceptors (Lipinski definition) is 5. The van der Waals surface area contributed by atoms with E-state index in [4.69, 9.17) is 4.42 Å². The molecule has 2 heterocycles. The van der Waals surface area contributed by atoms with Crippen molar-refractivity contribution in [2.24, 2.45) is 0 Å². The molecule has 1 N–H and O–H groups in total. The minimum atomic E-state index is -0.209. The highest BCUT2D eigenvalue weighted by atomic mass is 16.4. The molecule has 6 nitrogen and oxygen atoms in total. The molecule has 0 unspecified atom stereocenters. The number of carbonyl (C=O) groups excluding carboxylic acids is 1. The van der Waals surface area contributed by atoms with E-state index in [2.05, 4.69) is 20.5 Å². The van der Waals surface area contributed by atoms with Gasteiger partial charge in [-0.2, -0.15) is 0 Å². The van der Waals surface area contributed by atoms with Crippen molar-refractivity contribution in [2.45, 2.75) is 0 Å². The number of fused-ring (bicyclic) bond motifs is 1. The van der Waals surface area contributed by atoms with E-state index >= 15 is 0 Å². The van der Waals surface area contributed by atoms with Crippen molar-refractivity contribution in [3.8, 4) is 11.5 Å². The van der Waals surface area contributed by atoms with Crippen LogP contribution in [0.25, 0.3) is 22.4 Å². The molecule has 4 rings (SSSR count). The third-order valence-corrected chi connectivity index (χ3v) is 3.60. The average molecular weight is 316 g/mol. The quantitative estimate of drug-likeness (QED) is 0.625. The maximum atomic E-state index is 12.4. The van der Waals surface area contributed by atoms with Crippen LogP contribution >= 0.6 is 0 Å². The van der Waals surface area contributed by atoms with Crippen LogP contribution in [0.1, 0.15) is 10.4 Å². The molecule has 4 aromatic rings. The number of aromatic nitrogens is 3. The second-order valence-corrected chi connectivity index (χ2v) is 5.19. The Balaban J connectivity index is 1.54. The van der Waals surface area contributed by atoms with Crippen LogP contribution in [0.4, 0.5) is 5.69 Å². The van der Waals surface area contributed by atoms with Gasteiger partial charge in [-0.1, -0.05) is 18.2 Å². The first kappa shape index (κ1) is 14.1. The number of benzene rings is 2. The smallest absolute Gasteiger partial charge is 0.257 e. The van der Waals surface area contributed by atoms with Gasteiger partial charge in [-0.15, -0.1) is 10.2 Å². The molecule has 0 saturated carbocycles. The number of amides is 1. The molecule has 0 atom stereocenters. The molecule has 2 aromatic carbocycles. The second kappa shape index (κ2) is 5.92. The van der Waals surface area contributed by atoms with Crippen molar-refractivity contribution in [3.05, 3.63) is 72.8 Å². The number of nitrogens with one attached hydrogen (secondary N) is 1. The maximum Gasteiger partial charge on any atom is 0.257 e. The van der Waals surface area contributed by atoms with Crippen LogP contribution < -0.4 is 5.32 Å². The van der Waals surface area contributed by atoms with Crippen molar-refractivity contribution < 1.29 is 9.21 Å². The van der Waals surface area contributed by atoms with Crippen LogP contribution in [0, 0.1) is 0 Å². The highest BCUT2D eigenvalue weighted by Crippen LogP contribution is 2.20. The fraction of sp³-hybridized carbons (Fsp3) is 0. The summed E-state index contributed by atoms with van der Waals surface area (Å²) in [6, 6.07) is 16.7. The molecule has 6 heteroatoms. The third-order valence-electron chi connectivity index (χ3n) is 3.60. The van der Waals surface area contributed by atoms with Crippen molar-refractivity contribution in [1.29, 1.82) is 0 Å². The van der Waals surface area contributed by atoms with Gasteiger partial charge in [0.2, 0.25) is 12.3 Å². The molecule has 0 radical (unpaired) electrons. The van der Waals surface area contributed by atoms with Crippen LogP contribution in [-0.4, -0.2) is 21.1 Å². The molecule has 0 spiro atoms. The normalized spacial score (nSPS) is 10.7. The minimum absolute atomic E-state index is 0.209. The molecule has 0 aliphatic carbocycles. The third kappa shape index (κ3) is 2.72. The Morgan fingerprint density at radius 1 is 1.04 bits per heavy atom. The van der Waals surface area contributed by atoms with E-state index in [1.165, 1.54) is 6.39 Å². The van der Waals surface area contributed by atoms with E-state index in [0.29, 0.717) is 17.1 Å². The summed E-state index contributed by atoms with van der Waals surface area (Å²) in [5, 5.41) is 11.3. The molecule has 0 fully saturated rings. The van der Waals surface area contributed by atoms with Crippen LogP contribution in [-0.2, 0) is 0 Å². The van der Waals surface area contributed by atoms with Gasteiger partial charge in [-0.25, -0.2) is 0 Å². The zero-order valence-corrected chi connectivity index (χ0v) is 12.5. The molecule has 116 valence electrons. The molecular formula is C18H12N4O2. The number of nitrogens with zero attached hydrogens (tertiary/aromatic N) is 3. The Morgan fingerprint density at radius 3 is 2.67 bits per heavy atom. The molecule has 0 aliphatic heterocycles. The molecule has 2 aromatic heterocycles. The Hall–Kier alpha value is -3.54. The zero-order chi connectivity index (χ0) is 16.4. The number of pyridine rings is 1. The molecule has 0 saturated heterocycles. The predicted octanol–water partition coefficient (Wildman–Crippen LogP) is 3.54. The van der Waals surface area contributed by atoms with E-state index in [0.717, 1.165) is 16.5 Å². The number of anilines is 1. The van der Waals surface area contributed by atoms with Gasteiger partial charge in [0.05, 0.1) is 11.1 Å². The Bertz CT molecular complexity index is 995. The van der Waals surface area contributed by atoms with Gasteiger partial charge in [0.15, 0.2) is 0 Å². The monoisotopic (exact) mass is 316 g/mol. The van der Waals surface area contributed by atoms with Gasteiger partial charge in [-0.3, -0.25) is 9.78 Å². The highest BCUT2D eigenvalue weighted by molar-refractivity contribution is 6.05. The van der Waals surface area contributed by atoms with Crippen molar-refractivity contribution in [3.63, 3.8) is 0 Å². The number of hydrogen-bond donors (Lipinski definition) is 1. The molecule has 24 heavy (non-hydrogen) atoms. The summed E-state index contributed by atoms with van der Waals surface area (Å²) in [5.74, 6) is 0.227. The first-order chi connectivity index (χ1) is 11.8. The predicted molar refractivity (Wildman–Crippen MR) is 89.4 cm³/mol. The Kier molecular flexibility index (Phi) is 3.47. The van der Waals surface area contributed by atoms with Crippen LogP contribution in [0.15, 0.2) is 71.6 Å². The van der Waals surface area contributed by atoms with Crippen molar-refractivity contribution in [1.82, 2.24) is 15.2 Å². The molecule has 0 aliphatic rings. The van der Waals surface area contributed by atoms with Crippen molar-refractivity contribution in [2.75, 3.05) is 5.32 Å². The fourth-order valence-electron chi connectivity index (χ4n) is 2.39. The lowest BCUT2D eigenvalue weighted by molar-refractivity contribution is 0.102. The number of carbonyl (C=O) groups is 1. The van der Waals surface area contributed by atoms with E-state index in [1.54, 1.807) is 18.3 Å². The van der Waals surface area contributed by atoms with E-state index < -0.39 is 0 Å². The lowest BCUT2D eigenvalue weighted by Crippen LogP contribution is -2.12. The lowest BCUT2D eigenvalue weighted by atomic mass is 10.1. The first-order valence-corrected chi connectivity index (χ1v) is 7.32. The maximum absolute atomic E-state index is 12.4. The van der Waals surface area contributed by atoms with E-state index in [-0.39, 0.29) is 5.91 Å². The summed E-state index contributed by atoms with van der Waals surface area (Å²) in [6.45, 7) is 0. The van der Waals surface area contributed by atoms with Gasteiger partial charge in [0.1, 0.15) is 0 Å². The van der Waals surface area contributed by atoms with Crippen LogP contribution in [0.3, 0.4) is 0 Å². The molecule has 1 amide bonds. The van der Waals surface area contributed by atoms with Gasteiger partial charge < -0.3 is 9.73 Å². The summed E-state index contributed by atoms with van der Waals surface area (Å²) < 4.78 is 5.13. The topological polar surface area (TPSA) is 80.9 Å². The van der Waals surface area contributed by atoms with Gasteiger partial charge >= 0.3 is 0 Å². The van der Waals surface area contributed by atoms with Crippen molar-refractivity contribution >= 4 is 22.5 Å². The molecule has 0 bridgehead atoms. The first-order valence-electron chi connectivity index (χ1n) is 7.32. The second-order valence-electron chi connectivity index (χ2n) is 5.19. The minimum Gasteiger partial charge on any atom is -0.423 e. The zero-order valence-electron chi connectivity index (χ0n) is 12.5. The van der Waals surface area contributed by atoms with Gasteiger partial charge in [0.25, 0.3) is 5.91 Å². The summed E-state index contributed by atoms with van der Waals surface area (Å²) in [6.07, 6.45) is 2.85. The highest BCUT2D eigenvalue weighted by Gasteiger charge is 2.09. The summed E-state index contributed by atoms with van der Waals surface area (Å²) >= 11 is 0. The number of rotatable bonds is 3.